The molecule has 1 aromatic carbocycles. The highest BCUT2D eigenvalue weighted by Crippen LogP contribution is 2.21. The third-order valence-corrected chi connectivity index (χ3v) is 4.25. The number of benzene rings is 1. The largest absolute Gasteiger partial charge is 0.366 e. The first kappa shape index (κ1) is 16.0. The maximum Gasteiger partial charge on any atom is 0.226 e. The van der Waals surface area contributed by atoms with E-state index in [-0.39, 0.29) is 5.91 Å². The average molecular weight is 320 g/mol. The molecule has 2 aromatic rings. The minimum atomic E-state index is 0.208. The molecular formula is C19H20N4O. The van der Waals surface area contributed by atoms with Gasteiger partial charge < -0.3 is 10.2 Å². The fourth-order valence-electron chi connectivity index (χ4n) is 2.81. The van der Waals surface area contributed by atoms with Gasteiger partial charge in [-0.25, -0.2) is 4.98 Å². The first-order valence-electron chi connectivity index (χ1n) is 8.18. The maximum absolute atomic E-state index is 12.0. The number of rotatable bonds is 4. The van der Waals surface area contributed by atoms with Crippen molar-refractivity contribution in [2.24, 2.45) is 0 Å². The predicted molar refractivity (Wildman–Crippen MR) is 93.7 cm³/mol. The number of carbonyl (C=O) groups is 1. The number of hydrogen-bond acceptors (Lipinski definition) is 4. The molecule has 5 nitrogen and oxygen atoms in total. The standard InChI is InChI=1S/C19H20N4O/c1-14-5-10-18(22-17(14)12-20)21-13-15-6-8-16(9-7-15)23-11-3-2-4-19(23)24/h5-10H,2-4,11,13H2,1H3,(H,21,22). The van der Waals surface area contributed by atoms with E-state index in [1.165, 1.54) is 0 Å². The molecule has 1 aromatic heterocycles. The summed E-state index contributed by atoms with van der Waals surface area (Å²) in [5.74, 6) is 0.896. The van der Waals surface area contributed by atoms with E-state index >= 15 is 0 Å². The monoisotopic (exact) mass is 320 g/mol. The first-order chi connectivity index (χ1) is 11.7. The highest BCUT2D eigenvalue weighted by atomic mass is 16.2. The zero-order valence-corrected chi connectivity index (χ0v) is 13.7. The van der Waals surface area contributed by atoms with Crippen LogP contribution in [-0.2, 0) is 11.3 Å². The molecule has 0 spiro atoms. The van der Waals surface area contributed by atoms with Crippen molar-refractivity contribution in [3.63, 3.8) is 0 Å². The minimum absolute atomic E-state index is 0.208. The molecule has 0 unspecified atom stereocenters. The van der Waals surface area contributed by atoms with Crippen molar-refractivity contribution in [2.45, 2.75) is 32.7 Å². The molecule has 24 heavy (non-hydrogen) atoms. The van der Waals surface area contributed by atoms with Gasteiger partial charge >= 0.3 is 0 Å². The molecule has 3 rings (SSSR count). The van der Waals surface area contributed by atoms with Gasteiger partial charge in [-0.2, -0.15) is 5.26 Å². The summed E-state index contributed by atoms with van der Waals surface area (Å²) in [5, 5.41) is 12.3. The zero-order chi connectivity index (χ0) is 16.9. The molecule has 1 aliphatic heterocycles. The Bertz CT molecular complexity index is 777. The number of aromatic nitrogens is 1. The van der Waals surface area contributed by atoms with Crippen LogP contribution in [-0.4, -0.2) is 17.4 Å². The Morgan fingerprint density at radius 1 is 1.21 bits per heavy atom. The molecule has 0 saturated carbocycles. The maximum atomic E-state index is 12.0. The molecule has 1 amide bonds. The van der Waals surface area contributed by atoms with Crippen molar-refractivity contribution in [1.29, 1.82) is 5.26 Å². The van der Waals surface area contributed by atoms with E-state index < -0.39 is 0 Å². The number of nitrogens with zero attached hydrogens (tertiary/aromatic N) is 3. The van der Waals surface area contributed by atoms with Crippen LogP contribution in [0.25, 0.3) is 0 Å². The molecule has 2 heterocycles. The van der Waals surface area contributed by atoms with Crippen LogP contribution < -0.4 is 10.2 Å². The molecule has 122 valence electrons. The molecule has 0 aliphatic carbocycles. The Morgan fingerprint density at radius 3 is 2.71 bits per heavy atom. The van der Waals surface area contributed by atoms with E-state index in [4.69, 9.17) is 5.26 Å². The lowest BCUT2D eigenvalue weighted by Gasteiger charge is -2.26. The summed E-state index contributed by atoms with van der Waals surface area (Å²) in [6.07, 6.45) is 2.70. The van der Waals surface area contributed by atoms with Gasteiger partial charge in [0, 0.05) is 25.2 Å². The van der Waals surface area contributed by atoms with Gasteiger partial charge in [-0.1, -0.05) is 18.2 Å². The second-order valence-electron chi connectivity index (χ2n) is 6.00. The topological polar surface area (TPSA) is 69.0 Å². The molecule has 0 bridgehead atoms. The number of nitrogens with one attached hydrogen (secondary N) is 1. The van der Waals surface area contributed by atoms with Gasteiger partial charge in [-0.15, -0.1) is 0 Å². The SMILES string of the molecule is Cc1ccc(NCc2ccc(N3CCCCC3=O)cc2)nc1C#N. The Hall–Kier alpha value is -2.87. The third-order valence-electron chi connectivity index (χ3n) is 4.25. The summed E-state index contributed by atoms with van der Waals surface area (Å²) in [4.78, 5) is 18.1. The Labute approximate surface area is 141 Å². The third kappa shape index (κ3) is 3.54. The van der Waals surface area contributed by atoms with Crippen LogP contribution in [0.15, 0.2) is 36.4 Å². The lowest BCUT2D eigenvalue weighted by Crippen LogP contribution is -2.35. The van der Waals surface area contributed by atoms with Crippen LogP contribution >= 0.6 is 0 Å². The Morgan fingerprint density at radius 2 is 2.00 bits per heavy atom. The number of carbonyl (C=O) groups excluding carboxylic acids is 1. The molecule has 1 N–H and O–H groups in total. The number of nitriles is 1. The highest BCUT2D eigenvalue weighted by Gasteiger charge is 2.19. The molecule has 1 aliphatic rings. The second kappa shape index (κ2) is 7.14. The van der Waals surface area contributed by atoms with E-state index in [0.717, 1.165) is 36.2 Å². The van der Waals surface area contributed by atoms with Crippen LogP contribution in [0.2, 0.25) is 0 Å². The quantitative estimate of drug-likeness (QED) is 0.937. The van der Waals surface area contributed by atoms with E-state index in [0.29, 0.717) is 24.5 Å². The van der Waals surface area contributed by atoms with Crippen LogP contribution in [0.3, 0.4) is 0 Å². The summed E-state index contributed by atoms with van der Waals surface area (Å²) in [5.41, 5.74) is 3.38. The van der Waals surface area contributed by atoms with Gasteiger partial charge in [0.05, 0.1) is 0 Å². The van der Waals surface area contributed by atoms with Gasteiger partial charge in [0.25, 0.3) is 0 Å². The zero-order valence-electron chi connectivity index (χ0n) is 13.7. The molecule has 0 atom stereocenters. The summed E-state index contributed by atoms with van der Waals surface area (Å²) in [7, 11) is 0. The fraction of sp³-hybridized carbons (Fsp3) is 0.316. The number of pyridine rings is 1. The van der Waals surface area contributed by atoms with Gasteiger partial charge in [0.1, 0.15) is 17.6 Å². The van der Waals surface area contributed by atoms with Crippen molar-refractivity contribution >= 4 is 17.4 Å². The molecule has 1 fully saturated rings. The number of amides is 1. The molecule has 1 saturated heterocycles. The van der Waals surface area contributed by atoms with Crippen LogP contribution in [0.4, 0.5) is 11.5 Å². The number of anilines is 2. The lowest BCUT2D eigenvalue weighted by molar-refractivity contribution is -0.119. The first-order valence-corrected chi connectivity index (χ1v) is 8.18. The highest BCUT2D eigenvalue weighted by molar-refractivity contribution is 5.93. The summed E-state index contributed by atoms with van der Waals surface area (Å²) in [6.45, 7) is 3.30. The number of aryl methyl sites for hydroxylation is 1. The van der Waals surface area contributed by atoms with E-state index in [1.54, 1.807) is 0 Å². The predicted octanol–water partition coefficient (Wildman–Crippen LogP) is 3.39. The average Bonchev–Trinajstić information content (AvgIpc) is 2.62. The molecular weight excluding hydrogens is 300 g/mol. The van der Waals surface area contributed by atoms with Crippen molar-refractivity contribution in [3.05, 3.63) is 53.2 Å². The Kier molecular flexibility index (Phi) is 4.76. The summed E-state index contributed by atoms with van der Waals surface area (Å²) < 4.78 is 0. The minimum Gasteiger partial charge on any atom is -0.366 e. The van der Waals surface area contributed by atoms with Crippen molar-refractivity contribution in [1.82, 2.24) is 4.98 Å². The molecule has 5 heteroatoms. The normalized spacial score (nSPS) is 14.3. The van der Waals surface area contributed by atoms with E-state index in [1.807, 2.05) is 48.2 Å². The van der Waals surface area contributed by atoms with Gasteiger partial charge in [0.15, 0.2) is 0 Å². The van der Waals surface area contributed by atoms with Crippen LogP contribution in [0, 0.1) is 18.3 Å². The summed E-state index contributed by atoms with van der Waals surface area (Å²) >= 11 is 0. The van der Waals surface area contributed by atoms with E-state index in [2.05, 4.69) is 16.4 Å². The van der Waals surface area contributed by atoms with Crippen LogP contribution in [0.1, 0.15) is 36.1 Å². The summed E-state index contributed by atoms with van der Waals surface area (Å²) in [6, 6.07) is 13.9. The Balaban J connectivity index is 1.64. The lowest BCUT2D eigenvalue weighted by atomic mass is 10.1. The second-order valence-corrected chi connectivity index (χ2v) is 6.00. The van der Waals surface area contributed by atoms with Crippen molar-refractivity contribution in [3.8, 4) is 6.07 Å². The van der Waals surface area contributed by atoms with Crippen molar-refractivity contribution in [2.75, 3.05) is 16.8 Å². The number of hydrogen-bond donors (Lipinski definition) is 1. The van der Waals surface area contributed by atoms with Gasteiger partial charge in [-0.3, -0.25) is 4.79 Å². The molecule has 0 radical (unpaired) electrons. The smallest absolute Gasteiger partial charge is 0.226 e. The van der Waals surface area contributed by atoms with Gasteiger partial charge in [0.2, 0.25) is 5.91 Å². The van der Waals surface area contributed by atoms with Gasteiger partial charge in [-0.05, 0) is 49.1 Å². The number of piperidine rings is 1. The van der Waals surface area contributed by atoms with E-state index in [9.17, 15) is 4.79 Å². The fourth-order valence-corrected chi connectivity index (χ4v) is 2.81. The van der Waals surface area contributed by atoms with Crippen LogP contribution in [0.5, 0.6) is 0 Å². The van der Waals surface area contributed by atoms with Crippen molar-refractivity contribution < 1.29 is 4.79 Å².